The highest BCUT2D eigenvalue weighted by molar-refractivity contribution is 8.03. The van der Waals surface area contributed by atoms with Crippen LogP contribution in [0.1, 0.15) is 0 Å². The maximum absolute atomic E-state index is 11.2. The van der Waals surface area contributed by atoms with Gasteiger partial charge in [0.15, 0.2) is 0 Å². The number of nitrogens with zero attached hydrogens (tertiary/aromatic N) is 2. The molecule has 0 aliphatic carbocycles. The number of nitrogens with one attached hydrogen (secondary N) is 2. The Balaban J connectivity index is 1.81. The number of aromatic amines is 1. The molecule has 0 unspecified atom stereocenters. The molecule has 6 nitrogen and oxygen atoms in total. The van der Waals surface area contributed by atoms with Crippen LogP contribution in [0.4, 0.5) is 10.7 Å². The van der Waals surface area contributed by atoms with Crippen LogP contribution in [0.2, 0.25) is 0 Å². The number of hydrogen-bond acceptors (Lipinski definition) is 6. The van der Waals surface area contributed by atoms with Crippen molar-refractivity contribution >= 4 is 46.6 Å². The van der Waals surface area contributed by atoms with Crippen LogP contribution < -0.4 is 5.32 Å². The lowest BCUT2D eigenvalue weighted by Gasteiger charge is -2.03. The number of fused-ring (bicyclic) bond motifs is 1. The molecule has 0 aliphatic heterocycles. The van der Waals surface area contributed by atoms with Crippen LogP contribution in [0, 0.1) is 10.7 Å². The monoisotopic (exact) mass is 356 g/mol. The number of imidazole rings is 1. The van der Waals surface area contributed by atoms with Gasteiger partial charge in [0.1, 0.15) is 5.40 Å². The van der Waals surface area contributed by atoms with E-state index in [2.05, 4.69) is 25.4 Å². The Kier molecular flexibility index (Phi) is 4.93. The molecule has 0 saturated heterocycles. The van der Waals surface area contributed by atoms with E-state index in [4.69, 9.17) is 5.26 Å². The normalized spacial score (nSPS) is 10.3. The van der Waals surface area contributed by atoms with Crippen LogP contribution in [0.15, 0.2) is 57.2 Å². The zero-order chi connectivity index (χ0) is 16.9. The molecular weight excluding hydrogens is 344 g/mol. The Morgan fingerprint density at radius 3 is 2.83 bits per heavy atom. The standard InChI is InChI=1S/C16H12N4O2S2/c1-22-16(21)20-15-18-13-6-5-12(8-14(13)19-15)24-11-4-2-3-10(7-11)23-9-17/h2-8H,1H3,(H2,18,19,20,21). The summed E-state index contributed by atoms with van der Waals surface area (Å²) in [6.07, 6.45) is -0.574. The van der Waals surface area contributed by atoms with Gasteiger partial charge in [-0.15, -0.1) is 0 Å². The molecule has 2 N–H and O–H groups in total. The van der Waals surface area contributed by atoms with Gasteiger partial charge in [-0.05, 0) is 48.2 Å². The van der Waals surface area contributed by atoms with Crippen molar-refractivity contribution in [3.63, 3.8) is 0 Å². The zero-order valence-electron chi connectivity index (χ0n) is 12.6. The average molecular weight is 356 g/mol. The summed E-state index contributed by atoms with van der Waals surface area (Å²) in [5.74, 6) is 0.339. The SMILES string of the molecule is COC(=O)Nc1nc2ccc(Sc3cccc(SC#N)c3)cc2[nH]1. The lowest BCUT2D eigenvalue weighted by Crippen LogP contribution is -2.11. The number of amides is 1. The first-order valence-corrected chi connectivity index (χ1v) is 8.50. The molecule has 0 atom stereocenters. The van der Waals surface area contributed by atoms with Crippen LogP contribution in [0.3, 0.4) is 0 Å². The van der Waals surface area contributed by atoms with E-state index in [0.29, 0.717) is 5.95 Å². The molecule has 2 aromatic carbocycles. The van der Waals surface area contributed by atoms with E-state index in [-0.39, 0.29) is 0 Å². The van der Waals surface area contributed by atoms with E-state index in [1.54, 1.807) is 11.8 Å². The summed E-state index contributed by atoms with van der Waals surface area (Å²) in [6, 6.07) is 13.6. The minimum Gasteiger partial charge on any atom is -0.453 e. The molecule has 1 amide bonds. The number of methoxy groups -OCH3 is 1. The minimum absolute atomic E-state index is 0.339. The van der Waals surface area contributed by atoms with Crippen molar-refractivity contribution in [3.05, 3.63) is 42.5 Å². The fourth-order valence-electron chi connectivity index (χ4n) is 2.05. The van der Waals surface area contributed by atoms with Gasteiger partial charge in [0.25, 0.3) is 0 Å². The summed E-state index contributed by atoms with van der Waals surface area (Å²) in [5, 5.41) is 13.3. The highest BCUT2D eigenvalue weighted by Crippen LogP contribution is 2.32. The second-order valence-corrected chi connectivity index (χ2v) is 6.66. The van der Waals surface area contributed by atoms with Gasteiger partial charge in [-0.3, -0.25) is 5.32 Å². The third-order valence-corrected chi connectivity index (χ3v) is 4.62. The number of ether oxygens (including phenoxy) is 1. The lowest BCUT2D eigenvalue weighted by atomic mass is 10.3. The zero-order valence-corrected chi connectivity index (χ0v) is 14.2. The molecule has 24 heavy (non-hydrogen) atoms. The number of aromatic nitrogens is 2. The highest BCUT2D eigenvalue weighted by Gasteiger charge is 2.08. The first kappa shape index (κ1) is 16.2. The van der Waals surface area contributed by atoms with Gasteiger partial charge >= 0.3 is 6.09 Å². The van der Waals surface area contributed by atoms with Gasteiger partial charge in [-0.25, -0.2) is 9.78 Å². The molecule has 3 rings (SSSR count). The number of hydrogen-bond donors (Lipinski definition) is 2. The molecule has 1 heterocycles. The van der Waals surface area contributed by atoms with Crippen LogP contribution in [-0.2, 0) is 4.74 Å². The van der Waals surface area contributed by atoms with E-state index in [1.807, 2.05) is 42.5 Å². The number of H-pyrrole nitrogens is 1. The van der Waals surface area contributed by atoms with Crippen LogP contribution in [-0.4, -0.2) is 23.2 Å². The van der Waals surface area contributed by atoms with Crippen LogP contribution in [0.5, 0.6) is 0 Å². The minimum atomic E-state index is -0.574. The second-order valence-electron chi connectivity index (χ2n) is 4.65. The predicted molar refractivity (Wildman–Crippen MR) is 94.2 cm³/mol. The molecule has 0 saturated carbocycles. The van der Waals surface area contributed by atoms with E-state index in [0.717, 1.165) is 37.5 Å². The maximum Gasteiger partial charge on any atom is 0.413 e. The van der Waals surface area contributed by atoms with E-state index in [1.165, 1.54) is 7.11 Å². The predicted octanol–water partition coefficient (Wildman–Crippen LogP) is 4.47. The maximum atomic E-state index is 11.2. The smallest absolute Gasteiger partial charge is 0.413 e. The highest BCUT2D eigenvalue weighted by atomic mass is 32.2. The van der Waals surface area contributed by atoms with Gasteiger partial charge in [-0.2, -0.15) is 5.26 Å². The summed E-state index contributed by atoms with van der Waals surface area (Å²) >= 11 is 2.73. The van der Waals surface area contributed by atoms with E-state index >= 15 is 0 Å². The largest absolute Gasteiger partial charge is 0.453 e. The van der Waals surface area contributed by atoms with Gasteiger partial charge < -0.3 is 9.72 Å². The molecule has 0 radical (unpaired) electrons. The summed E-state index contributed by atoms with van der Waals surface area (Å²) in [6.45, 7) is 0. The Labute approximate surface area is 146 Å². The molecule has 8 heteroatoms. The molecule has 0 bridgehead atoms. The van der Waals surface area contributed by atoms with Crippen molar-refractivity contribution in [1.29, 1.82) is 5.26 Å². The number of nitriles is 1. The third-order valence-electron chi connectivity index (χ3n) is 3.06. The number of thioether (sulfide) groups is 1. The van der Waals surface area contributed by atoms with Gasteiger partial charge in [0, 0.05) is 14.7 Å². The summed E-state index contributed by atoms with van der Waals surface area (Å²) in [4.78, 5) is 21.5. The number of thiocyanates is 1. The van der Waals surface area contributed by atoms with Crippen LogP contribution >= 0.6 is 23.5 Å². The van der Waals surface area contributed by atoms with Gasteiger partial charge in [-0.1, -0.05) is 17.8 Å². The molecule has 1 aromatic heterocycles. The number of carbonyl (C=O) groups is 1. The number of carbonyl (C=O) groups excluding carboxylic acids is 1. The third kappa shape index (κ3) is 3.82. The first-order chi connectivity index (χ1) is 11.7. The summed E-state index contributed by atoms with van der Waals surface area (Å²) in [5.41, 5.74) is 1.56. The second kappa shape index (κ2) is 7.29. The van der Waals surface area contributed by atoms with Crippen molar-refractivity contribution in [3.8, 4) is 5.40 Å². The number of benzene rings is 2. The Hall–Kier alpha value is -2.63. The van der Waals surface area contributed by atoms with Crippen molar-refractivity contribution in [1.82, 2.24) is 9.97 Å². The van der Waals surface area contributed by atoms with Crippen molar-refractivity contribution in [2.45, 2.75) is 14.7 Å². The fraction of sp³-hybridized carbons (Fsp3) is 0.0625. The number of anilines is 1. The molecule has 3 aromatic rings. The topological polar surface area (TPSA) is 90.8 Å². The molecule has 0 aliphatic rings. The lowest BCUT2D eigenvalue weighted by molar-refractivity contribution is 0.186. The average Bonchev–Trinajstić information content (AvgIpc) is 2.97. The summed E-state index contributed by atoms with van der Waals surface area (Å²) in [7, 11) is 1.30. The van der Waals surface area contributed by atoms with Crippen LogP contribution in [0.25, 0.3) is 11.0 Å². The van der Waals surface area contributed by atoms with Gasteiger partial charge in [0.2, 0.25) is 5.95 Å². The van der Waals surface area contributed by atoms with Crippen molar-refractivity contribution in [2.75, 3.05) is 12.4 Å². The Morgan fingerprint density at radius 2 is 2.04 bits per heavy atom. The van der Waals surface area contributed by atoms with Crippen molar-refractivity contribution < 1.29 is 9.53 Å². The fourth-order valence-corrected chi connectivity index (χ4v) is 3.48. The van der Waals surface area contributed by atoms with E-state index < -0.39 is 6.09 Å². The Bertz CT molecular complexity index is 933. The molecule has 120 valence electrons. The first-order valence-electron chi connectivity index (χ1n) is 6.86. The van der Waals surface area contributed by atoms with Crippen molar-refractivity contribution in [2.24, 2.45) is 0 Å². The Morgan fingerprint density at radius 1 is 1.25 bits per heavy atom. The molecule has 0 spiro atoms. The quantitative estimate of drug-likeness (QED) is 0.529. The van der Waals surface area contributed by atoms with Gasteiger partial charge in [0.05, 0.1) is 18.1 Å². The van der Waals surface area contributed by atoms with E-state index in [9.17, 15) is 4.79 Å². The molecular formula is C16H12N4O2S2. The summed E-state index contributed by atoms with van der Waals surface area (Å²) < 4.78 is 4.54. The number of rotatable bonds is 4. The molecule has 0 fully saturated rings.